The maximum atomic E-state index is 12.0. The summed E-state index contributed by atoms with van der Waals surface area (Å²) >= 11 is 1.40. The van der Waals surface area contributed by atoms with Crippen molar-refractivity contribution >= 4 is 23.1 Å². The van der Waals surface area contributed by atoms with Crippen LogP contribution in [0.2, 0.25) is 0 Å². The molecule has 5 nitrogen and oxygen atoms in total. The molecular formula is C15H16F2N2O3S. The van der Waals surface area contributed by atoms with Gasteiger partial charge in [0.2, 0.25) is 0 Å². The molecule has 1 aromatic carbocycles. The Labute approximate surface area is 135 Å². The molecule has 124 valence electrons. The van der Waals surface area contributed by atoms with Crippen LogP contribution in [0.4, 0.5) is 19.3 Å². The predicted octanol–water partition coefficient (Wildman–Crippen LogP) is 3.38. The number of carbonyl (C=O) groups is 1. The quantitative estimate of drug-likeness (QED) is 0.754. The van der Waals surface area contributed by atoms with Crippen molar-refractivity contribution in [1.82, 2.24) is 5.32 Å². The fourth-order valence-electron chi connectivity index (χ4n) is 1.82. The molecule has 23 heavy (non-hydrogen) atoms. The number of carbonyl (C=O) groups excluding carboxylic acids is 1. The number of thiophene rings is 1. The van der Waals surface area contributed by atoms with E-state index in [1.54, 1.807) is 13.0 Å². The van der Waals surface area contributed by atoms with Gasteiger partial charge in [0.25, 0.3) is 0 Å². The van der Waals surface area contributed by atoms with Gasteiger partial charge in [-0.05, 0) is 42.6 Å². The molecule has 1 unspecified atom stereocenters. The van der Waals surface area contributed by atoms with E-state index in [2.05, 4.69) is 15.4 Å². The molecule has 0 aliphatic carbocycles. The highest BCUT2D eigenvalue weighted by molar-refractivity contribution is 7.10. The Bertz CT molecular complexity index is 631. The molecule has 3 N–H and O–H groups in total. The highest BCUT2D eigenvalue weighted by Gasteiger charge is 2.24. The molecule has 1 heterocycles. The van der Waals surface area contributed by atoms with Gasteiger partial charge in [-0.15, -0.1) is 11.3 Å². The largest absolute Gasteiger partial charge is 0.435 e. The first-order chi connectivity index (χ1) is 10.9. The fourth-order valence-corrected chi connectivity index (χ4v) is 2.61. The number of amides is 2. The number of alkyl halides is 2. The number of benzene rings is 1. The van der Waals surface area contributed by atoms with Gasteiger partial charge < -0.3 is 20.5 Å². The number of aliphatic hydroxyl groups is 1. The lowest BCUT2D eigenvalue weighted by atomic mass is 10.1. The average Bonchev–Trinajstić information content (AvgIpc) is 3.02. The van der Waals surface area contributed by atoms with Gasteiger partial charge >= 0.3 is 12.6 Å². The summed E-state index contributed by atoms with van der Waals surface area (Å²) in [6, 6.07) is 8.62. The molecule has 1 aromatic heterocycles. The van der Waals surface area contributed by atoms with Crippen LogP contribution in [0.25, 0.3) is 0 Å². The van der Waals surface area contributed by atoms with Gasteiger partial charge in [0.05, 0.1) is 6.54 Å². The molecule has 2 amide bonds. The number of halogens is 2. The molecule has 0 fully saturated rings. The van der Waals surface area contributed by atoms with E-state index in [9.17, 15) is 18.7 Å². The molecule has 0 bridgehead atoms. The van der Waals surface area contributed by atoms with E-state index in [0.29, 0.717) is 5.69 Å². The molecule has 0 spiro atoms. The van der Waals surface area contributed by atoms with Crippen molar-refractivity contribution in [3.63, 3.8) is 0 Å². The molecule has 1 atom stereocenters. The highest BCUT2D eigenvalue weighted by atomic mass is 32.1. The van der Waals surface area contributed by atoms with Crippen molar-refractivity contribution in [2.24, 2.45) is 0 Å². The lowest BCUT2D eigenvalue weighted by molar-refractivity contribution is -0.0498. The summed E-state index contributed by atoms with van der Waals surface area (Å²) in [6.45, 7) is -1.25. The van der Waals surface area contributed by atoms with Gasteiger partial charge in [0.1, 0.15) is 11.4 Å². The van der Waals surface area contributed by atoms with Crippen LogP contribution in [-0.2, 0) is 5.60 Å². The third-order valence-electron chi connectivity index (χ3n) is 2.98. The molecule has 2 aromatic rings. The third-order valence-corrected chi connectivity index (χ3v) is 4.11. The first-order valence-electron chi connectivity index (χ1n) is 6.73. The van der Waals surface area contributed by atoms with Gasteiger partial charge in [0, 0.05) is 10.6 Å². The van der Waals surface area contributed by atoms with E-state index >= 15 is 0 Å². The van der Waals surface area contributed by atoms with Gasteiger partial charge in [-0.1, -0.05) is 6.07 Å². The second kappa shape index (κ2) is 7.38. The number of hydrogen-bond acceptors (Lipinski definition) is 4. The van der Waals surface area contributed by atoms with Crippen LogP contribution in [0, 0.1) is 0 Å². The van der Waals surface area contributed by atoms with Gasteiger partial charge in [-0.2, -0.15) is 8.78 Å². The van der Waals surface area contributed by atoms with E-state index < -0.39 is 18.2 Å². The summed E-state index contributed by atoms with van der Waals surface area (Å²) in [5.41, 5.74) is -0.750. The number of ether oxygens (including phenoxy) is 1. The molecule has 0 saturated carbocycles. The minimum atomic E-state index is -2.89. The Morgan fingerprint density at radius 1 is 1.35 bits per heavy atom. The van der Waals surface area contributed by atoms with Gasteiger partial charge in [-0.25, -0.2) is 4.79 Å². The number of urea groups is 1. The van der Waals surface area contributed by atoms with E-state index in [4.69, 9.17) is 0 Å². The second-order valence-corrected chi connectivity index (χ2v) is 5.91. The van der Waals surface area contributed by atoms with Crippen LogP contribution >= 0.6 is 11.3 Å². The summed E-state index contributed by atoms with van der Waals surface area (Å²) in [4.78, 5) is 12.6. The first-order valence-corrected chi connectivity index (χ1v) is 7.61. The van der Waals surface area contributed by atoms with E-state index in [0.717, 1.165) is 4.88 Å². The van der Waals surface area contributed by atoms with Crippen molar-refractivity contribution in [3.05, 3.63) is 46.7 Å². The maximum absolute atomic E-state index is 12.0. The Morgan fingerprint density at radius 3 is 2.61 bits per heavy atom. The Hall–Kier alpha value is -2.19. The zero-order chi connectivity index (χ0) is 16.9. The summed E-state index contributed by atoms with van der Waals surface area (Å²) in [7, 11) is 0. The third kappa shape index (κ3) is 5.19. The van der Waals surface area contributed by atoms with Crippen LogP contribution < -0.4 is 15.4 Å². The van der Waals surface area contributed by atoms with Crippen LogP contribution in [-0.4, -0.2) is 24.3 Å². The second-order valence-electron chi connectivity index (χ2n) is 4.96. The summed E-state index contributed by atoms with van der Waals surface area (Å²) < 4.78 is 28.3. The standard InChI is InChI=1S/C15H16F2N2O3S/c1-15(21,12-3-2-8-23-12)9-18-14(20)19-10-4-6-11(7-5-10)22-13(16)17/h2-8,13,21H,9H2,1H3,(H2,18,19,20). The molecule has 2 rings (SSSR count). The molecule has 0 aliphatic heterocycles. The Morgan fingerprint density at radius 2 is 2.04 bits per heavy atom. The summed E-state index contributed by atoms with van der Waals surface area (Å²) in [5, 5.41) is 17.2. The summed E-state index contributed by atoms with van der Waals surface area (Å²) in [5.74, 6) is 0.00610. The van der Waals surface area contributed by atoms with Crippen molar-refractivity contribution in [3.8, 4) is 5.75 Å². The highest BCUT2D eigenvalue weighted by Crippen LogP contribution is 2.24. The predicted molar refractivity (Wildman–Crippen MR) is 84.0 cm³/mol. The van der Waals surface area contributed by atoms with Crippen molar-refractivity contribution in [1.29, 1.82) is 0 Å². The molecule has 0 radical (unpaired) electrons. The SMILES string of the molecule is CC(O)(CNC(=O)Nc1ccc(OC(F)F)cc1)c1cccs1. The van der Waals surface area contributed by atoms with Crippen LogP contribution in [0.5, 0.6) is 5.75 Å². The number of nitrogens with one attached hydrogen (secondary N) is 2. The van der Waals surface area contributed by atoms with Crippen molar-refractivity contribution in [2.45, 2.75) is 19.1 Å². The zero-order valence-corrected chi connectivity index (χ0v) is 13.1. The minimum Gasteiger partial charge on any atom is -0.435 e. The summed E-state index contributed by atoms with van der Waals surface area (Å²) in [6.07, 6.45) is 0. The minimum absolute atomic E-state index is 0.00610. The molecule has 0 aliphatic rings. The number of rotatable bonds is 6. The number of hydrogen-bond donors (Lipinski definition) is 3. The maximum Gasteiger partial charge on any atom is 0.387 e. The van der Waals surface area contributed by atoms with Gasteiger partial charge in [0.15, 0.2) is 0 Å². The molecular weight excluding hydrogens is 326 g/mol. The van der Waals surface area contributed by atoms with Crippen LogP contribution in [0.1, 0.15) is 11.8 Å². The van der Waals surface area contributed by atoms with E-state index in [-0.39, 0.29) is 12.3 Å². The van der Waals surface area contributed by atoms with E-state index in [1.807, 2.05) is 11.4 Å². The fraction of sp³-hybridized carbons (Fsp3) is 0.267. The Kier molecular flexibility index (Phi) is 5.51. The average molecular weight is 342 g/mol. The lowest BCUT2D eigenvalue weighted by Crippen LogP contribution is -2.40. The Balaban J connectivity index is 1.85. The zero-order valence-electron chi connectivity index (χ0n) is 12.3. The van der Waals surface area contributed by atoms with Crippen molar-refractivity contribution < 1.29 is 23.4 Å². The smallest absolute Gasteiger partial charge is 0.387 e. The topological polar surface area (TPSA) is 70.6 Å². The van der Waals surface area contributed by atoms with Gasteiger partial charge in [-0.3, -0.25) is 0 Å². The number of anilines is 1. The molecule has 0 saturated heterocycles. The normalized spacial score (nSPS) is 13.4. The van der Waals surface area contributed by atoms with Crippen LogP contribution in [0.15, 0.2) is 41.8 Å². The molecule has 8 heteroatoms. The first kappa shape index (κ1) is 17.2. The van der Waals surface area contributed by atoms with E-state index in [1.165, 1.54) is 35.6 Å². The monoisotopic (exact) mass is 342 g/mol. The van der Waals surface area contributed by atoms with Crippen molar-refractivity contribution in [2.75, 3.05) is 11.9 Å². The lowest BCUT2D eigenvalue weighted by Gasteiger charge is -2.22. The van der Waals surface area contributed by atoms with Crippen LogP contribution in [0.3, 0.4) is 0 Å².